The minimum atomic E-state index is 0.573. The lowest BCUT2D eigenvalue weighted by Crippen LogP contribution is -2.33. The van der Waals surface area contributed by atoms with Crippen molar-refractivity contribution < 1.29 is 0 Å². The fraction of sp³-hybridized carbons (Fsp3) is 0.619. The molecule has 0 spiro atoms. The lowest BCUT2D eigenvalue weighted by Gasteiger charge is -2.32. The van der Waals surface area contributed by atoms with Crippen molar-refractivity contribution >= 4 is 11.4 Å². The molecule has 0 aromatic heterocycles. The molecule has 0 N–H and O–H groups in total. The zero-order chi connectivity index (χ0) is 16.2. The molecule has 2 unspecified atom stereocenters. The summed E-state index contributed by atoms with van der Waals surface area (Å²) in [4.78, 5) is 0. The van der Waals surface area contributed by atoms with E-state index in [4.69, 9.17) is 0 Å². The van der Waals surface area contributed by atoms with Crippen LogP contribution in [0.4, 0.5) is 0 Å². The van der Waals surface area contributed by atoms with Gasteiger partial charge in [-0.05, 0) is 43.2 Å². The van der Waals surface area contributed by atoms with Gasteiger partial charge in [0.15, 0.2) is 0 Å². The van der Waals surface area contributed by atoms with Gasteiger partial charge in [-0.15, -0.1) is 0 Å². The van der Waals surface area contributed by atoms with Gasteiger partial charge in [-0.2, -0.15) is 10.2 Å². The molecule has 2 nitrogen and oxygen atoms in total. The van der Waals surface area contributed by atoms with E-state index < -0.39 is 0 Å². The van der Waals surface area contributed by atoms with Gasteiger partial charge in [0.1, 0.15) is 0 Å². The normalized spacial score (nSPS) is 25.2. The van der Waals surface area contributed by atoms with Crippen molar-refractivity contribution in [1.29, 1.82) is 0 Å². The fourth-order valence-corrected chi connectivity index (χ4v) is 4.15. The van der Waals surface area contributed by atoms with Crippen molar-refractivity contribution in [3.05, 3.63) is 35.4 Å². The predicted molar refractivity (Wildman–Crippen MR) is 99.3 cm³/mol. The average molecular weight is 310 g/mol. The van der Waals surface area contributed by atoms with Gasteiger partial charge in [-0.1, -0.05) is 63.8 Å². The van der Waals surface area contributed by atoms with Gasteiger partial charge in [0.2, 0.25) is 0 Å². The quantitative estimate of drug-likeness (QED) is 0.689. The molecular weight excluding hydrogens is 280 g/mol. The Morgan fingerprint density at radius 3 is 2.22 bits per heavy atom. The Hall–Kier alpha value is -1.44. The summed E-state index contributed by atoms with van der Waals surface area (Å²) >= 11 is 0. The molecule has 2 heteroatoms. The molecule has 1 aromatic carbocycles. The van der Waals surface area contributed by atoms with Crippen LogP contribution in [0.1, 0.15) is 70.4 Å². The standard InChI is InChI=1S/C21H30N2/c1-15(2)14-17-10-12-18(13-11-17)21-20-9-7-5-4-6-8-19(20)16(3)22-23-21/h10-13,15,19-20H,4-9,14H2,1-3H3. The number of nitrogens with zero attached hydrogens (tertiary/aromatic N) is 2. The minimum absolute atomic E-state index is 0.573. The van der Waals surface area contributed by atoms with Gasteiger partial charge < -0.3 is 0 Å². The van der Waals surface area contributed by atoms with E-state index in [0.29, 0.717) is 17.8 Å². The van der Waals surface area contributed by atoms with Crippen LogP contribution in [-0.2, 0) is 6.42 Å². The highest BCUT2D eigenvalue weighted by atomic mass is 15.2. The van der Waals surface area contributed by atoms with E-state index in [-0.39, 0.29) is 0 Å². The van der Waals surface area contributed by atoms with Crippen molar-refractivity contribution in [3.8, 4) is 0 Å². The van der Waals surface area contributed by atoms with Crippen molar-refractivity contribution in [2.24, 2.45) is 28.0 Å². The second-order valence-electron chi connectivity index (χ2n) is 7.73. The van der Waals surface area contributed by atoms with Crippen LogP contribution < -0.4 is 0 Å². The summed E-state index contributed by atoms with van der Waals surface area (Å²) in [5, 5.41) is 9.15. The number of fused-ring (bicyclic) bond motifs is 1. The van der Waals surface area contributed by atoms with Crippen LogP contribution in [0.2, 0.25) is 0 Å². The fourth-order valence-electron chi connectivity index (χ4n) is 4.15. The summed E-state index contributed by atoms with van der Waals surface area (Å²) in [6, 6.07) is 9.09. The Labute approximate surface area is 141 Å². The second kappa shape index (κ2) is 7.42. The van der Waals surface area contributed by atoms with E-state index in [1.807, 2.05) is 0 Å². The summed E-state index contributed by atoms with van der Waals surface area (Å²) in [5.41, 5.74) is 5.19. The van der Waals surface area contributed by atoms with Crippen LogP contribution in [-0.4, -0.2) is 11.4 Å². The van der Waals surface area contributed by atoms with Crippen molar-refractivity contribution in [3.63, 3.8) is 0 Å². The molecule has 23 heavy (non-hydrogen) atoms. The second-order valence-corrected chi connectivity index (χ2v) is 7.73. The number of rotatable bonds is 3. The van der Waals surface area contributed by atoms with E-state index in [1.54, 1.807) is 0 Å². The van der Waals surface area contributed by atoms with Gasteiger partial charge in [0, 0.05) is 17.5 Å². The zero-order valence-electron chi connectivity index (χ0n) is 14.9. The third kappa shape index (κ3) is 3.91. The minimum Gasteiger partial charge on any atom is -0.160 e. The molecule has 1 saturated carbocycles. The van der Waals surface area contributed by atoms with Crippen LogP contribution >= 0.6 is 0 Å². The molecule has 1 heterocycles. The Balaban J connectivity index is 1.84. The average Bonchev–Trinajstić information content (AvgIpc) is 2.49. The topological polar surface area (TPSA) is 24.7 Å². The van der Waals surface area contributed by atoms with E-state index >= 15 is 0 Å². The largest absolute Gasteiger partial charge is 0.160 e. The molecule has 0 radical (unpaired) electrons. The molecule has 2 aliphatic rings. The molecule has 1 aromatic rings. The summed E-state index contributed by atoms with van der Waals surface area (Å²) in [5.74, 6) is 1.89. The van der Waals surface area contributed by atoms with Crippen molar-refractivity contribution in [1.82, 2.24) is 0 Å². The Kier molecular flexibility index (Phi) is 5.30. The molecule has 0 saturated heterocycles. The Morgan fingerprint density at radius 2 is 1.57 bits per heavy atom. The number of hydrogen-bond donors (Lipinski definition) is 0. The Morgan fingerprint density at radius 1 is 0.913 bits per heavy atom. The van der Waals surface area contributed by atoms with Gasteiger partial charge in [0.05, 0.1) is 5.71 Å². The summed E-state index contributed by atoms with van der Waals surface area (Å²) in [6.07, 6.45) is 9.13. The molecular formula is C21H30N2. The summed E-state index contributed by atoms with van der Waals surface area (Å²) < 4.78 is 0. The summed E-state index contributed by atoms with van der Waals surface area (Å²) in [6.45, 7) is 6.72. The molecule has 0 bridgehead atoms. The molecule has 1 aliphatic heterocycles. The monoisotopic (exact) mass is 310 g/mol. The maximum Gasteiger partial charge on any atom is 0.0740 e. The van der Waals surface area contributed by atoms with E-state index in [0.717, 1.165) is 6.42 Å². The van der Waals surface area contributed by atoms with Crippen LogP contribution in [0.3, 0.4) is 0 Å². The van der Waals surface area contributed by atoms with Gasteiger partial charge in [-0.25, -0.2) is 0 Å². The number of benzene rings is 1. The SMILES string of the molecule is CC1=NN=C(c2ccc(CC(C)C)cc2)C2CCCCCCC12. The van der Waals surface area contributed by atoms with E-state index in [9.17, 15) is 0 Å². The molecule has 1 fully saturated rings. The van der Waals surface area contributed by atoms with Crippen LogP contribution in [0.15, 0.2) is 34.5 Å². The van der Waals surface area contributed by atoms with E-state index in [2.05, 4.69) is 55.2 Å². The molecule has 1 aliphatic carbocycles. The first kappa shape index (κ1) is 16.4. The molecule has 0 amide bonds. The van der Waals surface area contributed by atoms with Crippen LogP contribution in [0.5, 0.6) is 0 Å². The highest BCUT2D eigenvalue weighted by molar-refractivity contribution is 6.06. The van der Waals surface area contributed by atoms with Crippen LogP contribution in [0.25, 0.3) is 0 Å². The lowest BCUT2D eigenvalue weighted by molar-refractivity contribution is 0.390. The molecule has 124 valence electrons. The maximum absolute atomic E-state index is 4.63. The van der Waals surface area contributed by atoms with Gasteiger partial charge in [-0.3, -0.25) is 0 Å². The maximum atomic E-state index is 4.63. The van der Waals surface area contributed by atoms with Gasteiger partial charge in [0.25, 0.3) is 0 Å². The first-order valence-corrected chi connectivity index (χ1v) is 9.36. The third-order valence-corrected chi connectivity index (χ3v) is 5.36. The molecule has 3 rings (SSSR count). The first-order valence-electron chi connectivity index (χ1n) is 9.36. The van der Waals surface area contributed by atoms with Crippen LogP contribution in [0, 0.1) is 17.8 Å². The lowest BCUT2D eigenvalue weighted by atomic mass is 9.74. The first-order chi connectivity index (χ1) is 11.1. The van der Waals surface area contributed by atoms with Gasteiger partial charge >= 0.3 is 0 Å². The number of hydrogen-bond acceptors (Lipinski definition) is 2. The van der Waals surface area contributed by atoms with Crippen molar-refractivity contribution in [2.75, 3.05) is 0 Å². The van der Waals surface area contributed by atoms with Crippen molar-refractivity contribution in [2.45, 2.75) is 65.7 Å². The smallest absolute Gasteiger partial charge is 0.0740 e. The van der Waals surface area contributed by atoms with E-state index in [1.165, 1.54) is 61.1 Å². The highest BCUT2D eigenvalue weighted by Gasteiger charge is 2.32. The highest BCUT2D eigenvalue weighted by Crippen LogP contribution is 2.34. The zero-order valence-corrected chi connectivity index (χ0v) is 14.9. The third-order valence-electron chi connectivity index (χ3n) is 5.36. The summed E-state index contributed by atoms with van der Waals surface area (Å²) in [7, 11) is 0. The predicted octanol–water partition coefficient (Wildman–Crippen LogP) is 5.65. The molecule has 2 atom stereocenters. The Bertz CT molecular complexity index is 580.